The van der Waals surface area contributed by atoms with Gasteiger partial charge in [0.1, 0.15) is 6.61 Å². The summed E-state index contributed by atoms with van der Waals surface area (Å²) in [5, 5.41) is 16.9. The maximum absolute atomic E-state index is 12.1. The van der Waals surface area contributed by atoms with Crippen LogP contribution in [-0.2, 0) is 47.7 Å². The van der Waals surface area contributed by atoms with Crippen molar-refractivity contribution in [1.82, 2.24) is 0 Å². The highest BCUT2D eigenvalue weighted by atomic mass is 16.5. The third-order valence-corrected chi connectivity index (χ3v) is 4.62. The summed E-state index contributed by atoms with van der Waals surface area (Å²) in [4.78, 5) is 55.4. The van der Waals surface area contributed by atoms with Crippen LogP contribution in [-0.4, -0.2) is 79.2 Å². The Balaban J connectivity index is -0.000000166. The van der Waals surface area contributed by atoms with Gasteiger partial charge in [-0.05, 0) is 46.0 Å². The van der Waals surface area contributed by atoms with Crippen molar-refractivity contribution in [2.75, 3.05) is 26.4 Å². The molecule has 0 amide bonds. The normalized spacial score (nSPS) is 11.9. The molecule has 0 aliphatic heterocycles. The van der Waals surface area contributed by atoms with E-state index in [4.69, 9.17) is 43.6 Å². The van der Waals surface area contributed by atoms with Gasteiger partial charge in [0.15, 0.2) is 0 Å². The van der Waals surface area contributed by atoms with Gasteiger partial charge in [0.2, 0.25) is 0 Å². The van der Waals surface area contributed by atoms with E-state index in [1.165, 1.54) is 12.3 Å². The molecule has 12 nitrogen and oxygen atoms in total. The second-order valence-corrected chi connectivity index (χ2v) is 9.65. The van der Waals surface area contributed by atoms with Crippen molar-refractivity contribution in [3.05, 3.63) is 25.0 Å². The number of allylic oxidation sites excluding steroid dienone is 1. The number of hydrogen-bond donors (Lipinski definition) is 2. The molecule has 3 atom stereocenters. The maximum Gasteiger partial charge on any atom is 0.373 e. The molecule has 0 saturated heterocycles. The second-order valence-electron chi connectivity index (χ2n) is 9.65. The zero-order valence-corrected chi connectivity index (χ0v) is 27.0. The molecule has 42 heavy (non-hydrogen) atoms. The number of carbonyl (C=O) groups is 2. The Morgan fingerprint density at radius 2 is 1.26 bits per heavy atom. The predicted octanol–water partition coefficient (Wildman–Crippen LogP) is 3.76. The molecule has 0 aliphatic rings. The molecule has 2 N–H and O–H groups in total. The molecule has 0 aromatic rings. The molecule has 0 aromatic heterocycles. The summed E-state index contributed by atoms with van der Waals surface area (Å²) in [5.41, 5.74) is 0. The smallest absolute Gasteiger partial charge is 0.373 e. The number of hydrogen-bond acceptors (Lipinski definition) is 12. The van der Waals surface area contributed by atoms with Crippen molar-refractivity contribution in [2.45, 2.75) is 94.0 Å². The molecule has 0 bridgehead atoms. The van der Waals surface area contributed by atoms with Crippen molar-refractivity contribution in [3.63, 3.8) is 0 Å². The molecule has 0 saturated carbocycles. The molecule has 0 radical (unpaired) electrons. The fraction of sp³-hybridized carbons (Fsp3) is 0.733. The lowest BCUT2D eigenvalue weighted by Gasteiger charge is -2.33. The minimum absolute atomic E-state index is 0.00609. The van der Waals surface area contributed by atoms with Crippen LogP contribution in [0.2, 0.25) is 0 Å². The zero-order chi connectivity index (χ0) is 34.1. The van der Waals surface area contributed by atoms with E-state index >= 15 is 0 Å². The molecular weight excluding hydrogens is 552 g/mol. The summed E-state index contributed by atoms with van der Waals surface area (Å²) in [7, 11) is 0. The molecule has 246 valence electrons. The Hall–Kier alpha value is -3.14. The van der Waals surface area contributed by atoms with Crippen LogP contribution >= 0.6 is 0 Å². The van der Waals surface area contributed by atoms with Crippen LogP contribution < -0.4 is 0 Å². The van der Waals surface area contributed by atoms with Crippen LogP contribution in [0.25, 0.3) is 0 Å². The first-order chi connectivity index (χ1) is 19.6. The number of carbonyl (C=O) groups excluding carboxylic acids is 6. The molecule has 0 aromatic carbocycles. The third kappa shape index (κ3) is 39.0. The average molecular weight is 607 g/mol. The van der Waals surface area contributed by atoms with E-state index < -0.39 is 0 Å². The van der Waals surface area contributed by atoms with Gasteiger partial charge in [0, 0.05) is 12.0 Å². The molecule has 0 spiro atoms. The molecular formula is C30H54O12. The van der Waals surface area contributed by atoms with E-state index in [1.54, 1.807) is 0 Å². The Kier molecular flexibility index (Phi) is 41.5. The van der Waals surface area contributed by atoms with Crippen molar-refractivity contribution in [3.8, 4) is 0 Å². The van der Waals surface area contributed by atoms with Gasteiger partial charge in [0.25, 0.3) is 0 Å². The van der Waals surface area contributed by atoms with E-state index in [9.17, 15) is 9.59 Å². The van der Waals surface area contributed by atoms with Crippen molar-refractivity contribution < 1.29 is 57.9 Å². The van der Waals surface area contributed by atoms with Crippen LogP contribution in [0.3, 0.4) is 0 Å². The monoisotopic (exact) mass is 606 g/mol. The summed E-state index contributed by atoms with van der Waals surface area (Å²) in [5.74, 6) is 0.190. The van der Waals surface area contributed by atoms with Crippen LogP contribution in [0.5, 0.6) is 0 Å². The fourth-order valence-corrected chi connectivity index (χ4v) is 3.21. The van der Waals surface area contributed by atoms with Crippen molar-refractivity contribution in [1.29, 1.82) is 0 Å². The van der Waals surface area contributed by atoms with Gasteiger partial charge in [-0.1, -0.05) is 54.2 Å². The lowest BCUT2D eigenvalue weighted by Crippen LogP contribution is -2.38. The average Bonchev–Trinajstić information content (AvgIpc) is 2.89. The van der Waals surface area contributed by atoms with Crippen LogP contribution in [0.4, 0.5) is 0 Å². The molecule has 0 fully saturated rings. The zero-order valence-electron chi connectivity index (χ0n) is 27.0. The Morgan fingerprint density at radius 1 is 0.810 bits per heavy atom. The summed E-state index contributed by atoms with van der Waals surface area (Å²) < 4.78 is 20.4. The standard InChI is InChI=1S/C15H30O4.C9H16O2.C4H8O2.2CO2/c1-7-13(18-9-8-16)14(10(2)3)12(6)15(17)19-11(4)5;1-7(2)5-6-9(10)11-8(3)4;1-2-6-4-3-5;2*2-1-3/h10-14,16H,7-9H2,1-6H3;5-8H,1-4H3;2,5H,1,3-4H2;;/b;6-5+;;;. The van der Waals surface area contributed by atoms with Gasteiger partial charge >= 0.3 is 24.2 Å². The van der Waals surface area contributed by atoms with Crippen molar-refractivity contribution >= 4 is 24.2 Å². The van der Waals surface area contributed by atoms with E-state index in [2.05, 4.69) is 25.2 Å². The maximum atomic E-state index is 12.1. The van der Waals surface area contributed by atoms with Gasteiger partial charge in [-0.25, -0.2) is 4.79 Å². The van der Waals surface area contributed by atoms with Crippen LogP contribution in [0, 0.1) is 23.7 Å². The fourth-order valence-electron chi connectivity index (χ4n) is 3.21. The van der Waals surface area contributed by atoms with Crippen LogP contribution in [0.1, 0.15) is 75.7 Å². The number of rotatable bonds is 15. The minimum Gasteiger partial charge on any atom is -0.499 e. The molecule has 3 unspecified atom stereocenters. The summed E-state index contributed by atoms with van der Waals surface area (Å²) >= 11 is 0. The number of aliphatic hydroxyl groups is 2. The van der Waals surface area contributed by atoms with Gasteiger partial charge < -0.3 is 29.2 Å². The molecule has 12 heteroatoms. The van der Waals surface area contributed by atoms with Crippen LogP contribution in [0.15, 0.2) is 25.0 Å². The molecule has 0 rings (SSSR count). The number of aliphatic hydroxyl groups excluding tert-OH is 2. The lowest BCUT2D eigenvalue weighted by molar-refractivity contribution is -0.193. The van der Waals surface area contributed by atoms with Gasteiger partial charge in [0.05, 0.1) is 50.3 Å². The quantitative estimate of drug-likeness (QED) is 0.119. The largest absolute Gasteiger partial charge is 0.499 e. The first kappa shape index (κ1) is 48.6. The second kappa shape index (κ2) is 35.9. The van der Waals surface area contributed by atoms with Gasteiger partial charge in [-0.3, -0.25) is 4.79 Å². The first-order valence-corrected chi connectivity index (χ1v) is 13.7. The Morgan fingerprint density at radius 3 is 1.55 bits per heavy atom. The number of esters is 2. The summed E-state index contributed by atoms with van der Waals surface area (Å²) in [6, 6.07) is 0. The highest BCUT2D eigenvalue weighted by molar-refractivity contribution is 5.82. The predicted molar refractivity (Wildman–Crippen MR) is 154 cm³/mol. The third-order valence-electron chi connectivity index (χ3n) is 4.62. The topological polar surface area (TPSA) is 180 Å². The number of ether oxygens (including phenoxy) is 4. The Labute approximate surface area is 251 Å². The van der Waals surface area contributed by atoms with E-state index in [1.807, 2.05) is 61.5 Å². The lowest BCUT2D eigenvalue weighted by atomic mass is 9.79. The van der Waals surface area contributed by atoms with Gasteiger partial charge in [-0.2, -0.15) is 19.2 Å². The minimum atomic E-state index is -0.256. The van der Waals surface area contributed by atoms with Gasteiger partial charge in [-0.15, -0.1) is 0 Å². The van der Waals surface area contributed by atoms with E-state index in [0.29, 0.717) is 25.0 Å². The van der Waals surface area contributed by atoms with Crippen molar-refractivity contribution in [2.24, 2.45) is 23.7 Å². The Bertz CT molecular complexity index is 721. The molecule has 0 aliphatic carbocycles. The molecule has 0 heterocycles. The highest BCUT2D eigenvalue weighted by Crippen LogP contribution is 2.29. The summed E-state index contributed by atoms with van der Waals surface area (Å²) in [6.45, 7) is 23.5. The highest BCUT2D eigenvalue weighted by Gasteiger charge is 2.34. The first-order valence-electron chi connectivity index (χ1n) is 13.7. The van der Waals surface area contributed by atoms with E-state index in [-0.39, 0.29) is 67.6 Å². The van der Waals surface area contributed by atoms with E-state index in [0.717, 1.165) is 6.42 Å². The summed E-state index contributed by atoms with van der Waals surface area (Å²) in [6.07, 6.45) is 5.77. The SMILES string of the molecule is C=COCCO.CC(C)/C=C/C(=O)OC(C)C.CCC(OCCO)C(C(C)C)C(C)C(=O)OC(C)C.O=C=O.O=C=O.